The highest BCUT2D eigenvalue weighted by Gasteiger charge is 2.42. The average molecular weight is 607 g/mol. The second kappa shape index (κ2) is 12.6. The quantitative estimate of drug-likeness (QED) is 0.330. The smallest absolute Gasteiger partial charge is 0.163 e. The van der Waals surface area contributed by atoms with Crippen LogP contribution in [0.4, 0.5) is 0 Å². The van der Waals surface area contributed by atoms with Gasteiger partial charge in [0.25, 0.3) is 0 Å². The van der Waals surface area contributed by atoms with E-state index in [9.17, 15) is 9.90 Å². The summed E-state index contributed by atoms with van der Waals surface area (Å²) in [5, 5.41) is 9.83. The Hall–Kier alpha value is -3.25. The summed E-state index contributed by atoms with van der Waals surface area (Å²) in [6, 6.07) is 11.6. The molecule has 6 nitrogen and oxygen atoms in total. The molecule has 0 bridgehead atoms. The fourth-order valence-corrected chi connectivity index (χ4v) is 6.90. The van der Waals surface area contributed by atoms with E-state index in [1.165, 1.54) is 11.1 Å². The zero-order valence-corrected chi connectivity index (χ0v) is 29.4. The van der Waals surface area contributed by atoms with Gasteiger partial charge >= 0.3 is 0 Å². The molecule has 2 aliphatic rings. The van der Waals surface area contributed by atoms with Crippen molar-refractivity contribution in [1.29, 1.82) is 0 Å². The van der Waals surface area contributed by atoms with Crippen LogP contribution in [-0.4, -0.2) is 38.3 Å². The van der Waals surface area contributed by atoms with Gasteiger partial charge in [0.05, 0.1) is 39.1 Å². The molecule has 1 N–H and O–H groups in total. The Morgan fingerprint density at radius 3 is 1.55 bits per heavy atom. The van der Waals surface area contributed by atoms with E-state index < -0.39 is 6.10 Å². The molecule has 0 saturated carbocycles. The maximum absolute atomic E-state index is 11.7. The lowest BCUT2D eigenvalue weighted by molar-refractivity contribution is 0.101. The summed E-state index contributed by atoms with van der Waals surface area (Å²) in [4.78, 5) is 11.7. The van der Waals surface area contributed by atoms with E-state index in [1.807, 2.05) is 36.4 Å². The number of aliphatic hydroxyl groups is 1. The van der Waals surface area contributed by atoms with Gasteiger partial charge in [-0.15, -0.1) is 0 Å². The number of hydrogen-bond acceptors (Lipinski definition) is 6. The first-order valence-corrected chi connectivity index (χ1v) is 15.5. The van der Waals surface area contributed by atoms with Crippen molar-refractivity contribution in [3.05, 3.63) is 69.8 Å². The first-order chi connectivity index (χ1) is 20.2. The van der Waals surface area contributed by atoms with Crippen molar-refractivity contribution >= 4 is 17.3 Å². The van der Waals surface area contributed by atoms with E-state index in [1.54, 1.807) is 28.1 Å². The molecular formula is C38H54O6. The highest BCUT2D eigenvalue weighted by molar-refractivity contribution is 5.97. The van der Waals surface area contributed by atoms with Gasteiger partial charge in [0.15, 0.2) is 5.78 Å². The molecule has 0 aliphatic carbocycles. The van der Waals surface area contributed by atoms with Gasteiger partial charge in [-0.1, -0.05) is 87.4 Å². The van der Waals surface area contributed by atoms with Crippen molar-refractivity contribution < 1.29 is 28.8 Å². The predicted molar refractivity (Wildman–Crippen MR) is 179 cm³/mol. The largest absolute Gasteiger partial charge is 0.496 e. The summed E-state index contributed by atoms with van der Waals surface area (Å²) in [7, 11) is 3.22. The lowest BCUT2D eigenvalue weighted by atomic mass is 9.71. The Morgan fingerprint density at radius 1 is 0.773 bits per heavy atom. The third-order valence-electron chi connectivity index (χ3n) is 8.25. The third kappa shape index (κ3) is 7.34. The molecule has 2 heterocycles. The molecule has 2 aliphatic heterocycles. The maximum atomic E-state index is 11.7. The predicted octanol–water partition coefficient (Wildman–Crippen LogP) is 9.27. The van der Waals surface area contributed by atoms with Crippen LogP contribution in [0.5, 0.6) is 11.5 Å². The van der Waals surface area contributed by atoms with Crippen molar-refractivity contribution in [2.45, 2.75) is 89.2 Å². The standard InChI is InChI=1S/C19H28O3.C19H26O3/c2*1-12(20)14-9-8-13(10-15(14)21-7)16-17(18(2,3)4)19(5,6)11-22-16/h8-10,12,20H,11H2,1-7H3;8-10H,11H2,1-7H3. The Balaban J connectivity index is 0.000000240. The summed E-state index contributed by atoms with van der Waals surface area (Å²) in [5.41, 5.74) is 6.07. The molecule has 0 aromatic heterocycles. The zero-order chi connectivity index (χ0) is 33.4. The first kappa shape index (κ1) is 35.2. The molecule has 6 heteroatoms. The van der Waals surface area contributed by atoms with Crippen LogP contribution < -0.4 is 9.47 Å². The van der Waals surface area contributed by atoms with Crippen LogP contribution in [0.3, 0.4) is 0 Å². The first-order valence-electron chi connectivity index (χ1n) is 15.5. The molecule has 1 atom stereocenters. The monoisotopic (exact) mass is 606 g/mol. The number of carbonyl (C=O) groups is 1. The SMILES string of the molecule is COc1cc(C2=C(C(C)(C)C)C(C)(C)CO2)ccc1C(C)=O.COc1cc(C2=C(C(C)(C)C)C(C)(C)CO2)ccc1C(C)O. The highest BCUT2D eigenvalue weighted by Crippen LogP contribution is 2.51. The lowest BCUT2D eigenvalue weighted by Crippen LogP contribution is -2.24. The van der Waals surface area contributed by atoms with Gasteiger partial charge in [0.2, 0.25) is 0 Å². The fraction of sp³-hybridized carbons (Fsp3) is 0.553. The number of ketones is 1. The van der Waals surface area contributed by atoms with E-state index >= 15 is 0 Å². The van der Waals surface area contributed by atoms with Crippen LogP contribution >= 0.6 is 0 Å². The molecule has 2 aromatic carbocycles. The Bertz CT molecular complexity index is 1440. The van der Waals surface area contributed by atoms with Crippen LogP contribution in [-0.2, 0) is 9.47 Å². The summed E-state index contributed by atoms with van der Waals surface area (Å²) >= 11 is 0. The van der Waals surface area contributed by atoms with Gasteiger partial charge in [-0.3, -0.25) is 4.79 Å². The molecule has 0 saturated heterocycles. The van der Waals surface area contributed by atoms with Crippen LogP contribution in [0, 0.1) is 21.7 Å². The van der Waals surface area contributed by atoms with Crippen molar-refractivity contribution in [3.8, 4) is 11.5 Å². The molecule has 4 rings (SSSR count). The van der Waals surface area contributed by atoms with Crippen molar-refractivity contribution in [3.63, 3.8) is 0 Å². The van der Waals surface area contributed by atoms with Gasteiger partial charge < -0.3 is 24.1 Å². The van der Waals surface area contributed by atoms with Crippen LogP contribution in [0.1, 0.15) is 116 Å². The number of aliphatic hydroxyl groups excluding tert-OH is 1. The van der Waals surface area contributed by atoms with E-state index in [0.29, 0.717) is 30.3 Å². The second-order valence-electron chi connectivity index (χ2n) is 15.4. The zero-order valence-electron chi connectivity index (χ0n) is 29.4. The number of Topliss-reactive ketones (excluding diaryl/α,β-unsaturated/α-hetero) is 1. The van der Waals surface area contributed by atoms with Crippen molar-refractivity contribution in [1.82, 2.24) is 0 Å². The molecule has 0 radical (unpaired) electrons. The van der Waals surface area contributed by atoms with Crippen LogP contribution in [0.25, 0.3) is 11.5 Å². The van der Waals surface area contributed by atoms with E-state index in [2.05, 4.69) is 69.2 Å². The maximum Gasteiger partial charge on any atom is 0.163 e. The summed E-state index contributed by atoms with van der Waals surface area (Å²) < 4.78 is 22.9. The van der Waals surface area contributed by atoms with E-state index in [0.717, 1.165) is 28.2 Å². The molecule has 242 valence electrons. The van der Waals surface area contributed by atoms with E-state index in [-0.39, 0.29) is 27.4 Å². The van der Waals surface area contributed by atoms with Gasteiger partial charge in [-0.05, 0) is 54.0 Å². The minimum atomic E-state index is -0.555. The highest BCUT2D eigenvalue weighted by atomic mass is 16.5. The molecule has 0 amide bonds. The molecule has 1 unspecified atom stereocenters. The van der Waals surface area contributed by atoms with Gasteiger partial charge in [-0.2, -0.15) is 0 Å². The second-order valence-corrected chi connectivity index (χ2v) is 15.4. The van der Waals surface area contributed by atoms with Gasteiger partial charge in [0.1, 0.15) is 23.0 Å². The summed E-state index contributed by atoms with van der Waals surface area (Å²) in [6.45, 7) is 26.8. The number of ether oxygens (including phenoxy) is 4. The number of carbonyl (C=O) groups excluding carboxylic acids is 1. The fourth-order valence-electron chi connectivity index (χ4n) is 6.90. The number of benzene rings is 2. The van der Waals surface area contributed by atoms with Crippen molar-refractivity contribution in [2.24, 2.45) is 21.7 Å². The minimum absolute atomic E-state index is 0.0000651. The van der Waals surface area contributed by atoms with Gasteiger partial charge in [-0.25, -0.2) is 0 Å². The summed E-state index contributed by atoms with van der Waals surface area (Å²) in [5.74, 6) is 3.17. The Labute approximate surface area is 265 Å². The number of methoxy groups -OCH3 is 2. The normalized spacial score (nSPS) is 18.2. The Morgan fingerprint density at radius 2 is 1.18 bits per heavy atom. The van der Waals surface area contributed by atoms with Crippen molar-refractivity contribution in [2.75, 3.05) is 27.4 Å². The molecular weight excluding hydrogens is 552 g/mol. The lowest BCUT2D eigenvalue weighted by Gasteiger charge is -2.31. The van der Waals surface area contributed by atoms with Crippen LogP contribution in [0.15, 0.2) is 47.5 Å². The summed E-state index contributed by atoms with van der Waals surface area (Å²) in [6.07, 6.45) is -0.555. The molecule has 0 spiro atoms. The molecule has 44 heavy (non-hydrogen) atoms. The Kier molecular flexibility index (Phi) is 10.1. The third-order valence-corrected chi connectivity index (χ3v) is 8.25. The average Bonchev–Trinajstić information content (AvgIpc) is 3.42. The molecule has 0 fully saturated rings. The number of hydrogen-bond donors (Lipinski definition) is 1. The van der Waals surface area contributed by atoms with Crippen LogP contribution in [0.2, 0.25) is 0 Å². The van der Waals surface area contributed by atoms with Gasteiger partial charge in [0, 0.05) is 27.5 Å². The van der Waals surface area contributed by atoms with E-state index in [4.69, 9.17) is 18.9 Å². The molecule has 2 aromatic rings. The topological polar surface area (TPSA) is 74.2 Å². The number of rotatable bonds is 6. The minimum Gasteiger partial charge on any atom is -0.496 e.